The zero-order chi connectivity index (χ0) is 19.1. The van der Waals surface area contributed by atoms with Crippen molar-refractivity contribution in [3.8, 4) is 0 Å². The molecule has 0 bridgehead atoms. The lowest BCUT2D eigenvalue weighted by Gasteiger charge is -2.16. The van der Waals surface area contributed by atoms with E-state index in [-0.39, 0.29) is 6.10 Å². The summed E-state index contributed by atoms with van der Waals surface area (Å²) in [6.07, 6.45) is 3.28. The monoisotopic (exact) mass is 390 g/mol. The summed E-state index contributed by atoms with van der Waals surface area (Å²) >= 11 is 6.24. The molecule has 0 aliphatic carbocycles. The van der Waals surface area contributed by atoms with Gasteiger partial charge in [0.05, 0.1) is 6.10 Å². The van der Waals surface area contributed by atoms with Crippen molar-refractivity contribution < 1.29 is 4.74 Å². The molecule has 0 radical (unpaired) electrons. The second-order valence-corrected chi connectivity index (χ2v) is 7.08. The van der Waals surface area contributed by atoms with Crippen molar-refractivity contribution in [3.05, 3.63) is 46.5 Å². The molecule has 1 aromatic heterocycles. The second kappa shape index (κ2) is 9.71. The van der Waals surface area contributed by atoms with Crippen molar-refractivity contribution in [2.45, 2.75) is 38.8 Å². The third kappa shape index (κ3) is 5.68. The van der Waals surface area contributed by atoms with Crippen LogP contribution in [0.2, 0.25) is 5.02 Å². The number of ether oxygens (including phenoxy) is 1. The van der Waals surface area contributed by atoms with Crippen LogP contribution in [0.3, 0.4) is 0 Å². The van der Waals surface area contributed by atoms with Crippen LogP contribution in [0.4, 0.5) is 0 Å². The molecule has 2 N–H and O–H groups in total. The molecule has 7 nitrogen and oxygen atoms in total. The van der Waals surface area contributed by atoms with E-state index in [2.05, 4.69) is 25.8 Å². The van der Waals surface area contributed by atoms with E-state index < -0.39 is 0 Å². The van der Waals surface area contributed by atoms with Gasteiger partial charge in [0.2, 0.25) is 0 Å². The Hall–Kier alpha value is -2.12. The fourth-order valence-corrected chi connectivity index (χ4v) is 3.18. The van der Waals surface area contributed by atoms with E-state index in [1.807, 2.05) is 42.8 Å². The third-order valence-electron chi connectivity index (χ3n) is 4.73. The van der Waals surface area contributed by atoms with Crippen LogP contribution in [0.1, 0.15) is 30.1 Å². The van der Waals surface area contributed by atoms with Gasteiger partial charge in [-0.05, 0) is 37.8 Å². The molecule has 1 aromatic carbocycles. The average Bonchev–Trinajstić information content (AvgIpc) is 3.30. The summed E-state index contributed by atoms with van der Waals surface area (Å²) in [5, 5.41) is 15.8. The largest absolute Gasteiger partial charge is 0.376 e. The number of hydrogen-bond acceptors (Lipinski definition) is 4. The maximum Gasteiger partial charge on any atom is 0.191 e. The minimum absolute atomic E-state index is 0.248. The Kier molecular flexibility index (Phi) is 7.06. The lowest BCUT2D eigenvalue weighted by Crippen LogP contribution is -2.42. The highest BCUT2D eigenvalue weighted by Crippen LogP contribution is 2.15. The van der Waals surface area contributed by atoms with Gasteiger partial charge in [-0.1, -0.05) is 29.8 Å². The molecule has 146 valence electrons. The van der Waals surface area contributed by atoms with E-state index in [4.69, 9.17) is 16.3 Å². The first-order valence-electron chi connectivity index (χ1n) is 9.35. The first kappa shape index (κ1) is 19.6. The zero-order valence-electron chi connectivity index (χ0n) is 15.9. The van der Waals surface area contributed by atoms with Crippen LogP contribution in [0.25, 0.3) is 0 Å². The Morgan fingerprint density at radius 3 is 2.89 bits per heavy atom. The minimum atomic E-state index is 0.248. The lowest BCUT2D eigenvalue weighted by atomic mass is 10.1. The molecule has 0 saturated carbocycles. The first-order chi connectivity index (χ1) is 13.1. The zero-order valence-corrected chi connectivity index (χ0v) is 16.7. The van der Waals surface area contributed by atoms with Crippen LogP contribution in [-0.2, 0) is 24.8 Å². The van der Waals surface area contributed by atoms with Gasteiger partial charge in [-0.25, -0.2) is 4.99 Å². The predicted molar refractivity (Wildman–Crippen MR) is 107 cm³/mol. The van der Waals surface area contributed by atoms with Gasteiger partial charge >= 0.3 is 0 Å². The van der Waals surface area contributed by atoms with Crippen LogP contribution >= 0.6 is 11.6 Å². The van der Waals surface area contributed by atoms with Crippen molar-refractivity contribution in [1.29, 1.82) is 0 Å². The number of aliphatic imine (C=N–C) groups is 1. The predicted octanol–water partition coefficient (Wildman–Crippen LogP) is 2.23. The molecule has 3 rings (SSSR count). The van der Waals surface area contributed by atoms with Gasteiger partial charge in [0.15, 0.2) is 11.8 Å². The molecular weight excluding hydrogens is 364 g/mol. The molecular formula is C19H27ClN6O. The van der Waals surface area contributed by atoms with E-state index in [0.29, 0.717) is 6.54 Å². The van der Waals surface area contributed by atoms with Gasteiger partial charge in [-0.3, -0.25) is 0 Å². The van der Waals surface area contributed by atoms with Crippen molar-refractivity contribution in [3.63, 3.8) is 0 Å². The highest BCUT2D eigenvalue weighted by molar-refractivity contribution is 6.31. The lowest BCUT2D eigenvalue weighted by molar-refractivity contribution is 0.114. The average molecular weight is 391 g/mol. The van der Waals surface area contributed by atoms with Crippen molar-refractivity contribution in [2.24, 2.45) is 12.0 Å². The van der Waals surface area contributed by atoms with E-state index >= 15 is 0 Å². The number of nitrogens with zero attached hydrogens (tertiary/aromatic N) is 4. The molecule has 1 aliphatic rings. The summed E-state index contributed by atoms with van der Waals surface area (Å²) in [5.74, 6) is 2.45. The van der Waals surface area contributed by atoms with E-state index in [1.54, 1.807) is 0 Å². The molecule has 27 heavy (non-hydrogen) atoms. The number of benzene rings is 1. The summed E-state index contributed by atoms with van der Waals surface area (Å²) < 4.78 is 7.64. The van der Waals surface area contributed by atoms with Gasteiger partial charge in [0, 0.05) is 31.8 Å². The SMILES string of the molecule is Cc1nnc(CN=C(NCCc2ccccc2Cl)NCC2CCCO2)n1C. The van der Waals surface area contributed by atoms with E-state index in [0.717, 1.165) is 67.2 Å². The van der Waals surface area contributed by atoms with Crippen LogP contribution in [0.15, 0.2) is 29.3 Å². The number of nitrogens with one attached hydrogen (secondary N) is 2. The fourth-order valence-electron chi connectivity index (χ4n) is 2.95. The molecule has 1 saturated heterocycles. The van der Waals surface area contributed by atoms with Crippen molar-refractivity contribution in [1.82, 2.24) is 25.4 Å². The number of rotatable bonds is 7. The number of halogens is 1. The highest BCUT2D eigenvalue weighted by Gasteiger charge is 2.15. The van der Waals surface area contributed by atoms with Crippen LogP contribution in [0, 0.1) is 6.92 Å². The Labute approximate surface area is 165 Å². The van der Waals surface area contributed by atoms with Gasteiger partial charge in [-0.2, -0.15) is 0 Å². The molecule has 2 heterocycles. The van der Waals surface area contributed by atoms with Gasteiger partial charge in [0.1, 0.15) is 12.4 Å². The maximum atomic E-state index is 6.24. The molecule has 2 aromatic rings. The molecule has 1 unspecified atom stereocenters. The van der Waals surface area contributed by atoms with Gasteiger partial charge in [0.25, 0.3) is 0 Å². The number of aromatic nitrogens is 3. The minimum Gasteiger partial charge on any atom is -0.376 e. The molecule has 0 amide bonds. The standard InChI is InChI=1S/C19H27ClN6O/c1-14-24-25-18(26(14)2)13-23-19(22-12-16-7-5-11-27-16)21-10-9-15-6-3-4-8-17(15)20/h3-4,6,8,16H,5,7,9-13H2,1-2H3,(H2,21,22,23). The summed E-state index contributed by atoms with van der Waals surface area (Å²) in [4.78, 5) is 4.67. The molecule has 1 aliphatic heterocycles. The van der Waals surface area contributed by atoms with Crippen molar-refractivity contribution >= 4 is 17.6 Å². The summed E-state index contributed by atoms with van der Waals surface area (Å²) in [7, 11) is 1.95. The van der Waals surface area contributed by atoms with Crippen LogP contribution < -0.4 is 10.6 Å². The smallest absolute Gasteiger partial charge is 0.191 e. The normalized spacial score (nSPS) is 17.3. The second-order valence-electron chi connectivity index (χ2n) is 6.67. The van der Waals surface area contributed by atoms with Crippen LogP contribution in [0.5, 0.6) is 0 Å². The molecule has 1 fully saturated rings. The van der Waals surface area contributed by atoms with E-state index in [9.17, 15) is 0 Å². The number of aryl methyl sites for hydroxylation is 1. The topological polar surface area (TPSA) is 76.4 Å². The fraction of sp³-hybridized carbons (Fsp3) is 0.526. The van der Waals surface area contributed by atoms with Gasteiger partial charge in [-0.15, -0.1) is 10.2 Å². The molecule has 1 atom stereocenters. The first-order valence-corrected chi connectivity index (χ1v) is 9.73. The molecule has 8 heteroatoms. The third-order valence-corrected chi connectivity index (χ3v) is 5.10. The summed E-state index contributed by atoms with van der Waals surface area (Å²) in [6, 6.07) is 7.90. The quantitative estimate of drug-likeness (QED) is 0.560. The Bertz CT molecular complexity index is 769. The molecule has 0 spiro atoms. The van der Waals surface area contributed by atoms with Crippen LogP contribution in [-0.4, -0.2) is 46.5 Å². The Morgan fingerprint density at radius 2 is 2.19 bits per heavy atom. The maximum absolute atomic E-state index is 6.24. The highest BCUT2D eigenvalue weighted by atomic mass is 35.5. The summed E-state index contributed by atoms with van der Waals surface area (Å²) in [6.45, 7) is 4.72. The Morgan fingerprint density at radius 1 is 1.33 bits per heavy atom. The number of hydrogen-bond donors (Lipinski definition) is 2. The number of guanidine groups is 1. The van der Waals surface area contributed by atoms with E-state index in [1.165, 1.54) is 0 Å². The Balaban J connectivity index is 1.58. The van der Waals surface area contributed by atoms with Crippen molar-refractivity contribution in [2.75, 3.05) is 19.7 Å². The summed E-state index contributed by atoms with van der Waals surface area (Å²) in [5.41, 5.74) is 1.12. The van der Waals surface area contributed by atoms with Gasteiger partial charge < -0.3 is 19.9 Å².